The standard InChI is InChI=1S/C16H16N6O2S/c1-10(13-3-2-8-25-13)18-14(23)9-22-20-16(19-21-22)12-6-4-11(5-7-12)15(17)24/h2-8,10H,9H2,1H3,(H2,17,24)(H,18,23)/t10-/m0/s1. The second-order valence-electron chi connectivity index (χ2n) is 5.39. The van der Waals surface area contributed by atoms with Gasteiger partial charge in [-0.3, -0.25) is 9.59 Å². The molecule has 0 saturated carbocycles. The van der Waals surface area contributed by atoms with E-state index >= 15 is 0 Å². The van der Waals surface area contributed by atoms with E-state index in [0.717, 1.165) is 4.88 Å². The molecule has 0 unspecified atom stereocenters. The third-order valence-electron chi connectivity index (χ3n) is 3.51. The number of tetrazole rings is 1. The number of nitrogens with zero attached hydrogens (tertiary/aromatic N) is 4. The summed E-state index contributed by atoms with van der Waals surface area (Å²) >= 11 is 1.59. The van der Waals surface area contributed by atoms with Crippen LogP contribution in [0.15, 0.2) is 41.8 Å². The average Bonchev–Trinajstić information content (AvgIpc) is 3.26. The molecule has 0 aliphatic heterocycles. The number of nitrogens with two attached hydrogens (primary N) is 1. The Balaban J connectivity index is 1.63. The first-order chi connectivity index (χ1) is 12.0. The average molecular weight is 356 g/mol. The van der Waals surface area contributed by atoms with Crippen LogP contribution in [0.5, 0.6) is 0 Å². The summed E-state index contributed by atoms with van der Waals surface area (Å²) in [5, 5.41) is 16.9. The van der Waals surface area contributed by atoms with Crippen LogP contribution in [0, 0.1) is 0 Å². The van der Waals surface area contributed by atoms with Crippen LogP contribution >= 0.6 is 11.3 Å². The van der Waals surface area contributed by atoms with Crippen LogP contribution in [-0.4, -0.2) is 32.0 Å². The Morgan fingerprint density at radius 2 is 2.04 bits per heavy atom. The summed E-state index contributed by atoms with van der Waals surface area (Å²) in [6.45, 7) is 1.90. The highest BCUT2D eigenvalue weighted by atomic mass is 32.1. The molecular formula is C16H16N6O2S. The Morgan fingerprint density at radius 1 is 1.28 bits per heavy atom. The van der Waals surface area contributed by atoms with Crippen LogP contribution < -0.4 is 11.1 Å². The minimum atomic E-state index is -0.500. The quantitative estimate of drug-likeness (QED) is 0.692. The first kappa shape index (κ1) is 16.8. The summed E-state index contributed by atoms with van der Waals surface area (Å²) in [5.74, 6) is -0.330. The monoisotopic (exact) mass is 356 g/mol. The fraction of sp³-hybridized carbons (Fsp3) is 0.188. The molecule has 0 saturated heterocycles. The van der Waals surface area contributed by atoms with Crippen molar-refractivity contribution < 1.29 is 9.59 Å². The zero-order valence-corrected chi connectivity index (χ0v) is 14.2. The normalized spacial score (nSPS) is 11.9. The number of amides is 2. The molecule has 9 heteroatoms. The number of carbonyl (C=O) groups excluding carboxylic acids is 2. The van der Waals surface area contributed by atoms with Gasteiger partial charge in [-0.2, -0.15) is 4.80 Å². The lowest BCUT2D eigenvalue weighted by Gasteiger charge is -2.11. The highest BCUT2D eigenvalue weighted by Crippen LogP contribution is 2.18. The molecular weight excluding hydrogens is 340 g/mol. The van der Waals surface area contributed by atoms with Crippen molar-refractivity contribution in [2.75, 3.05) is 0 Å². The van der Waals surface area contributed by atoms with E-state index in [9.17, 15) is 9.59 Å². The molecule has 128 valence electrons. The van der Waals surface area contributed by atoms with E-state index in [0.29, 0.717) is 17.0 Å². The summed E-state index contributed by atoms with van der Waals surface area (Å²) in [4.78, 5) is 25.5. The summed E-state index contributed by atoms with van der Waals surface area (Å²) in [5.41, 5.74) is 6.29. The molecule has 3 rings (SSSR count). The minimum Gasteiger partial charge on any atom is -0.366 e. The molecule has 25 heavy (non-hydrogen) atoms. The zero-order chi connectivity index (χ0) is 17.8. The van der Waals surface area contributed by atoms with Crippen LogP contribution in [0.25, 0.3) is 11.4 Å². The molecule has 8 nitrogen and oxygen atoms in total. The number of carbonyl (C=O) groups is 2. The maximum absolute atomic E-state index is 12.1. The van der Waals surface area contributed by atoms with E-state index in [-0.39, 0.29) is 18.5 Å². The van der Waals surface area contributed by atoms with Crippen LogP contribution in [0.4, 0.5) is 0 Å². The van der Waals surface area contributed by atoms with Gasteiger partial charge in [0.2, 0.25) is 17.6 Å². The molecule has 1 atom stereocenters. The van der Waals surface area contributed by atoms with E-state index in [2.05, 4.69) is 20.7 Å². The number of rotatable bonds is 6. The van der Waals surface area contributed by atoms with E-state index in [4.69, 9.17) is 5.73 Å². The third-order valence-corrected chi connectivity index (χ3v) is 4.57. The number of hydrogen-bond acceptors (Lipinski definition) is 6. The molecule has 2 aromatic heterocycles. The van der Waals surface area contributed by atoms with Gasteiger partial charge in [0.25, 0.3) is 0 Å². The van der Waals surface area contributed by atoms with Gasteiger partial charge in [-0.25, -0.2) is 0 Å². The fourth-order valence-electron chi connectivity index (χ4n) is 2.23. The largest absolute Gasteiger partial charge is 0.366 e. The number of benzene rings is 1. The number of primary amides is 1. The van der Waals surface area contributed by atoms with Gasteiger partial charge in [0, 0.05) is 16.0 Å². The molecule has 0 radical (unpaired) electrons. The zero-order valence-electron chi connectivity index (χ0n) is 13.4. The Bertz CT molecular complexity index is 872. The van der Waals surface area contributed by atoms with Gasteiger partial charge in [-0.05, 0) is 35.7 Å². The molecule has 1 aromatic carbocycles. The Labute approximate surface area is 147 Å². The van der Waals surface area contributed by atoms with Gasteiger partial charge in [0.1, 0.15) is 6.54 Å². The van der Waals surface area contributed by atoms with Crippen LogP contribution in [0.3, 0.4) is 0 Å². The summed E-state index contributed by atoms with van der Waals surface area (Å²) < 4.78 is 0. The molecule has 0 aliphatic carbocycles. The molecule has 3 N–H and O–H groups in total. The van der Waals surface area contributed by atoms with Crippen molar-refractivity contribution >= 4 is 23.2 Å². The van der Waals surface area contributed by atoms with Crippen LogP contribution in [0.2, 0.25) is 0 Å². The second kappa shape index (κ2) is 7.22. The maximum atomic E-state index is 12.1. The SMILES string of the molecule is C[C@H](NC(=O)Cn1nnc(-c2ccc(C(N)=O)cc2)n1)c1cccs1. The van der Waals surface area contributed by atoms with E-state index in [1.165, 1.54) is 4.80 Å². The summed E-state index contributed by atoms with van der Waals surface area (Å²) in [6, 6.07) is 10.4. The Kier molecular flexibility index (Phi) is 4.85. The smallest absolute Gasteiger partial charge is 0.248 e. The molecule has 0 fully saturated rings. The van der Waals surface area contributed by atoms with Crippen molar-refractivity contribution in [1.29, 1.82) is 0 Å². The number of aromatic nitrogens is 4. The van der Waals surface area contributed by atoms with Gasteiger partial charge in [-0.1, -0.05) is 18.2 Å². The Morgan fingerprint density at radius 3 is 2.68 bits per heavy atom. The van der Waals surface area contributed by atoms with Gasteiger partial charge in [-0.15, -0.1) is 21.5 Å². The van der Waals surface area contributed by atoms with E-state index < -0.39 is 5.91 Å². The highest BCUT2D eigenvalue weighted by Gasteiger charge is 2.13. The van der Waals surface area contributed by atoms with Crippen molar-refractivity contribution in [2.24, 2.45) is 5.73 Å². The molecule has 2 amide bonds. The molecule has 0 spiro atoms. The second-order valence-corrected chi connectivity index (χ2v) is 6.37. The van der Waals surface area contributed by atoms with Gasteiger partial charge in [0.05, 0.1) is 6.04 Å². The van der Waals surface area contributed by atoms with Gasteiger partial charge in [0.15, 0.2) is 0 Å². The van der Waals surface area contributed by atoms with Crippen molar-refractivity contribution in [2.45, 2.75) is 19.5 Å². The fourth-order valence-corrected chi connectivity index (χ4v) is 2.97. The minimum absolute atomic E-state index is 0.0257. The first-order valence-electron chi connectivity index (χ1n) is 7.54. The predicted octanol–water partition coefficient (Wildman–Crippen LogP) is 1.38. The van der Waals surface area contributed by atoms with E-state index in [1.54, 1.807) is 35.6 Å². The first-order valence-corrected chi connectivity index (χ1v) is 8.41. The van der Waals surface area contributed by atoms with Crippen LogP contribution in [0.1, 0.15) is 28.2 Å². The lowest BCUT2D eigenvalue weighted by atomic mass is 10.1. The maximum Gasteiger partial charge on any atom is 0.248 e. The molecule has 3 aromatic rings. The predicted molar refractivity (Wildman–Crippen MR) is 92.6 cm³/mol. The van der Waals surface area contributed by atoms with Crippen molar-refractivity contribution in [3.05, 3.63) is 52.2 Å². The topological polar surface area (TPSA) is 116 Å². The third kappa shape index (κ3) is 4.07. The van der Waals surface area contributed by atoms with Crippen molar-refractivity contribution in [1.82, 2.24) is 25.5 Å². The lowest BCUT2D eigenvalue weighted by molar-refractivity contribution is -0.122. The van der Waals surface area contributed by atoms with Crippen molar-refractivity contribution in [3.63, 3.8) is 0 Å². The molecule has 0 aliphatic rings. The lowest BCUT2D eigenvalue weighted by Crippen LogP contribution is -2.30. The number of nitrogens with one attached hydrogen (secondary N) is 1. The van der Waals surface area contributed by atoms with Gasteiger partial charge >= 0.3 is 0 Å². The van der Waals surface area contributed by atoms with Gasteiger partial charge < -0.3 is 11.1 Å². The number of hydrogen-bond donors (Lipinski definition) is 2. The number of thiophene rings is 1. The summed E-state index contributed by atoms with van der Waals surface area (Å²) in [7, 11) is 0. The van der Waals surface area contributed by atoms with Crippen LogP contribution in [-0.2, 0) is 11.3 Å². The molecule has 2 heterocycles. The Hall–Kier alpha value is -3.07. The molecule has 0 bridgehead atoms. The highest BCUT2D eigenvalue weighted by molar-refractivity contribution is 7.10. The van der Waals surface area contributed by atoms with E-state index in [1.807, 2.05) is 24.4 Å². The van der Waals surface area contributed by atoms with Crippen molar-refractivity contribution in [3.8, 4) is 11.4 Å². The summed E-state index contributed by atoms with van der Waals surface area (Å²) in [6.07, 6.45) is 0.